The molecule has 10 heteroatoms. The Morgan fingerprint density at radius 3 is 2.43 bits per heavy atom. The minimum atomic E-state index is -4.14. The largest absolute Gasteiger partial charge is 0.497 e. The highest BCUT2D eigenvalue weighted by atomic mass is 32.2. The highest BCUT2D eigenvalue weighted by Crippen LogP contribution is 2.47. The Labute approximate surface area is 259 Å². The maximum atomic E-state index is 12.3. The van der Waals surface area contributed by atoms with Crippen LogP contribution in [-0.2, 0) is 16.7 Å². The molecule has 0 aliphatic carbocycles. The van der Waals surface area contributed by atoms with Gasteiger partial charge in [-0.1, -0.05) is 62.6 Å². The van der Waals surface area contributed by atoms with Crippen molar-refractivity contribution < 1.29 is 27.0 Å². The summed E-state index contributed by atoms with van der Waals surface area (Å²) in [5.41, 5.74) is 3.33. The van der Waals surface area contributed by atoms with Crippen LogP contribution in [0.5, 0.6) is 11.5 Å². The van der Waals surface area contributed by atoms with E-state index < -0.39 is 15.4 Å². The van der Waals surface area contributed by atoms with Crippen LogP contribution in [0.15, 0.2) is 58.0 Å². The van der Waals surface area contributed by atoms with Crippen LogP contribution in [0.4, 0.5) is 5.69 Å². The normalized spacial score (nSPS) is 15.4. The molecule has 1 aliphatic rings. The maximum absolute atomic E-state index is 12.3. The summed E-state index contributed by atoms with van der Waals surface area (Å²) in [6.45, 7) is 7.75. The van der Waals surface area contributed by atoms with Crippen molar-refractivity contribution in [1.29, 1.82) is 0 Å². The van der Waals surface area contributed by atoms with E-state index in [1.165, 1.54) is 15.5 Å². The number of thioether (sulfide) groups is 1. The zero-order valence-corrected chi connectivity index (χ0v) is 27.7. The number of ether oxygens (including phenoxy) is 2. The van der Waals surface area contributed by atoms with E-state index in [2.05, 4.69) is 60.6 Å². The molecule has 2 heterocycles. The first-order valence-electron chi connectivity index (χ1n) is 14.7. The van der Waals surface area contributed by atoms with Crippen molar-refractivity contribution in [3.63, 3.8) is 0 Å². The molecular weight excluding hydrogens is 589 g/mol. The first-order valence-corrected chi connectivity index (χ1v) is 17.9. The topological polar surface area (TPSA) is 80.0 Å². The molecule has 2 aromatic carbocycles. The van der Waals surface area contributed by atoms with Gasteiger partial charge >= 0.3 is 0 Å². The van der Waals surface area contributed by atoms with Gasteiger partial charge < -0.3 is 14.4 Å². The highest BCUT2D eigenvalue weighted by Gasteiger charge is 2.28. The number of methoxy groups -OCH3 is 2. The lowest BCUT2D eigenvalue weighted by atomic mass is 10.1. The molecule has 0 saturated carbocycles. The summed E-state index contributed by atoms with van der Waals surface area (Å²) in [6, 6.07) is 12.2. The molecule has 1 aliphatic heterocycles. The molecule has 0 bridgehead atoms. The van der Waals surface area contributed by atoms with E-state index in [1.54, 1.807) is 37.3 Å². The van der Waals surface area contributed by atoms with Crippen LogP contribution in [0.1, 0.15) is 70.7 Å². The van der Waals surface area contributed by atoms with Gasteiger partial charge in [-0.05, 0) is 55.7 Å². The third-order valence-corrected chi connectivity index (χ3v) is 11.2. The van der Waals surface area contributed by atoms with Gasteiger partial charge in [0.1, 0.15) is 16.2 Å². The van der Waals surface area contributed by atoms with Crippen LogP contribution < -0.4 is 18.9 Å². The van der Waals surface area contributed by atoms with Gasteiger partial charge in [0.2, 0.25) is 5.52 Å². The zero-order chi connectivity index (χ0) is 30.3. The number of hydrogen-bond donors (Lipinski definition) is 1. The molecular formula is C32H43N2O5S3+. The van der Waals surface area contributed by atoms with E-state index in [0.717, 1.165) is 71.1 Å². The number of rotatable bonds is 15. The molecule has 0 amide bonds. The molecule has 1 aromatic heterocycles. The van der Waals surface area contributed by atoms with Crippen molar-refractivity contribution in [2.75, 3.05) is 25.7 Å². The summed E-state index contributed by atoms with van der Waals surface area (Å²) in [6.07, 6.45) is 10.0. The number of hydrogen-bond acceptors (Lipinski definition) is 7. The molecule has 3 aromatic rings. The van der Waals surface area contributed by atoms with Gasteiger partial charge in [0, 0.05) is 30.0 Å². The second-order valence-corrected chi connectivity index (χ2v) is 14.3. The Morgan fingerprint density at radius 2 is 1.76 bits per heavy atom. The number of anilines is 1. The average molecular weight is 632 g/mol. The quantitative estimate of drug-likeness (QED) is 0.103. The molecule has 0 radical (unpaired) electrons. The van der Waals surface area contributed by atoms with Crippen molar-refractivity contribution in [3.05, 3.63) is 58.1 Å². The van der Waals surface area contributed by atoms with E-state index in [4.69, 9.17) is 9.47 Å². The minimum absolute atomic E-state index is 0.346. The minimum Gasteiger partial charge on any atom is -0.497 e. The Bertz CT molecular complexity index is 1540. The Balaban J connectivity index is 1.69. The Morgan fingerprint density at radius 1 is 1.02 bits per heavy atom. The molecule has 0 spiro atoms. The number of fused-ring (bicyclic) bond motifs is 2. The fraction of sp³-hybridized carbons (Fsp3) is 0.469. The van der Waals surface area contributed by atoms with Gasteiger partial charge in [-0.25, -0.2) is 0 Å². The predicted molar refractivity (Wildman–Crippen MR) is 176 cm³/mol. The standard InChI is InChI=1S/C32H42N2O5S3/c1-6-9-10-11-12-26(42(35,36)37)17-18-34-28-22-25(39-5)14-16-30(28)41-32(34)20-23(7-2)19-31-33(8-3)27-21-24(38-4)13-15-29(27)40-31/h13-16,19-22,26H,6-12,17-18H2,1-5H3/p+1/t26-/m0/s1. The lowest BCUT2D eigenvalue weighted by Crippen LogP contribution is -2.38. The molecule has 1 N–H and O–H groups in total. The first-order chi connectivity index (χ1) is 20.2. The van der Waals surface area contributed by atoms with Crippen molar-refractivity contribution in [3.8, 4) is 11.5 Å². The van der Waals surface area contributed by atoms with Crippen LogP contribution in [0.25, 0.3) is 16.3 Å². The van der Waals surface area contributed by atoms with Gasteiger partial charge in [-0.2, -0.15) is 13.0 Å². The van der Waals surface area contributed by atoms with E-state index in [-0.39, 0.29) is 0 Å². The Hall–Kier alpha value is -2.53. The number of aromatic nitrogens is 1. The molecule has 7 nitrogen and oxygen atoms in total. The predicted octanol–water partition coefficient (Wildman–Crippen LogP) is 8.09. The van der Waals surface area contributed by atoms with E-state index >= 15 is 0 Å². The molecule has 1 atom stereocenters. The number of benzene rings is 2. The van der Waals surface area contributed by atoms with Gasteiger partial charge in [-0.15, -0.1) is 0 Å². The second-order valence-electron chi connectivity index (χ2n) is 10.4. The van der Waals surface area contributed by atoms with Crippen LogP contribution >= 0.6 is 23.1 Å². The number of thiazole rings is 1. The van der Waals surface area contributed by atoms with Crippen LogP contribution in [0.2, 0.25) is 0 Å². The van der Waals surface area contributed by atoms with Crippen LogP contribution in [0.3, 0.4) is 0 Å². The molecule has 0 fully saturated rings. The first kappa shape index (κ1) is 32.4. The van der Waals surface area contributed by atoms with Crippen molar-refractivity contribution in [2.45, 2.75) is 82.4 Å². The van der Waals surface area contributed by atoms with E-state index in [0.29, 0.717) is 19.4 Å². The molecule has 4 rings (SSSR count). The maximum Gasteiger partial charge on any atom is 0.268 e. The monoisotopic (exact) mass is 631 g/mol. The third kappa shape index (κ3) is 7.70. The van der Waals surface area contributed by atoms with Gasteiger partial charge in [0.05, 0.1) is 36.3 Å². The lowest BCUT2D eigenvalue weighted by Gasteiger charge is -2.18. The van der Waals surface area contributed by atoms with Crippen molar-refractivity contribution in [1.82, 2.24) is 0 Å². The average Bonchev–Trinajstić information content (AvgIpc) is 3.50. The number of aryl methyl sites for hydroxylation is 1. The summed E-state index contributed by atoms with van der Waals surface area (Å²) in [7, 11) is -0.805. The lowest BCUT2D eigenvalue weighted by molar-refractivity contribution is -0.669. The van der Waals surface area contributed by atoms with Crippen molar-refractivity contribution >= 4 is 55.2 Å². The Kier molecular flexibility index (Phi) is 11.4. The molecule has 228 valence electrons. The summed E-state index contributed by atoms with van der Waals surface area (Å²) in [5, 5.41) is 1.43. The molecule has 0 saturated heterocycles. The second kappa shape index (κ2) is 14.8. The number of nitrogens with zero attached hydrogens (tertiary/aromatic N) is 2. The number of allylic oxidation sites excluding steroid dienone is 2. The van der Waals surface area contributed by atoms with E-state index in [9.17, 15) is 13.0 Å². The highest BCUT2D eigenvalue weighted by molar-refractivity contribution is 8.03. The molecule has 42 heavy (non-hydrogen) atoms. The zero-order valence-electron chi connectivity index (χ0n) is 25.3. The summed E-state index contributed by atoms with van der Waals surface area (Å²) < 4.78 is 48.9. The fourth-order valence-corrected chi connectivity index (χ4v) is 8.46. The van der Waals surface area contributed by atoms with Crippen molar-refractivity contribution in [2.24, 2.45) is 0 Å². The number of unbranched alkanes of at least 4 members (excludes halogenated alkanes) is 3. The summed E-state index contributed by atoms with van der Waals surface area (Å²) in [5.74, 6) is 1.60. The van der Waals surface area contributed by atoms with Gasteiger partial charge in [-0.3, -0.25) is 4.55 Å². The SMILES string of the molecule is CCCCCC[C@@H](CC[n+]1c(/C=C(/C=C2\Sc3ccc(OC)cc3N2CC)CC)sc2ccc(OC)cc21)S(=O)(=O)O. The molecule has 0 unspecified atom stereocenters. The summed E-state index contributed by atoms with van der Waals surface area (Å²) in [4.78, 5) is 3.52. The van der Waals surface area contributed by atoms with Crippen LogP contribution in [-0.4, -0.2) is 39.0 Å². The smallest absolute Gasteiger partial charge is 0.268 e. The van der Waals surface area contributed by atoms with Crippen LogP contribution in [0, 0.1) is 0 Å². The van der Waals surface area contributed by atoms with E-state index in [1.807, 2.05) is 18.2 Å². The third-order valence-electron chi connectivity index (χ3n) is 7.69. The van der Waals surface area contributed by atoms with Gasteiger partial charge in [0.25, 0.3) is 15.1 Å². The summed E-state index contributed by atoms with van der Waals surface area (Å²) >= 11 is 3.44. The fourth-order valence-electron chi connectivity index (χ4n) is 5.26. The van der Waals surface area contributed by atoms with Gasteiger partial charge in [0.15, 0.2) is 6.54 Å².